The van der Waals surface area contributed by atoms with E-state index in [-0.39, 0.29) is 10.4 Å². The molecule has 0 radical (unpaired) electrons. The molecule has 1 aromatic carbocycles. The van der Waals surface area contributed by atoms with Gasteiger partial charge in [-0.3, -0.25) is 10.1 Å². The van der Waals surface area contributed by atoms with Crippen molar-refractivity contribution in [3.8, 4) is 0 Å². The Balaban J connectivity index is 2.30. The van der Waals surface area contributed by atoms with Crippen molar-refractivity contribution in [1.82, 2.24) is 0 Å². The molecule has 1 aliphatic heterocycles. The SMILES string of the molecule is CC1(C)CN(c2cc(F)cc([N+](=O)[O-])c2)CCS1. The number of hydrogen-bond donors (Lipinski definition) is 0. The van der Waals surface area contributed by atoms with E-state index in [0.717, 1.165) is 24.9 Å². The average molecular weight is 270 g/mol. The highest BCUT2D eigenvalue weighted by Gasteiger charge is 2.28. The number of hydrogen-bond acceptors (Lipinski definition) is 4. The first-order valence-electron chi connectivity index (χ1n) is 5.71. The monoisotopic (exact) mass is 270 g/mol. The normalized spacial score (nSPS) is 18.7. The Hall–Kier alpha value is -1.30. The van der Waals surface area contributed by atoms with Gasteiger partial charge in [0.15, 0.2) is 0 Å². The van der Waals surface area contributed by atoms with Crippen LogP contribution in [0.2, 0.25) is 0 Å². The van der Waals surface area contributed by atoms with Gasteiger partial charge in [0.1, 0.15) is 5.82 Å². The van der Waals surface area contributed by atoms with E-state index in [1.54, 1.807) is 0 Å². The summed E-state index contributed by atoms with van der Waals surface area (Å²) in [5.74, 6) is 0.382. The van der Waals surface area contributed by atoms with Crippen molar-refractivity contribution in [2.24, 2.45) is 0 Å². The number of nitrogens with zero attached hydrogens (tertiary/aromatic N) is 2. The number of benzene rings is 1. The first kappa shape index (κ1) is 13.1. The minimum atomic E-state index is -0.560. The molecule has 6 heteroatoms. The van der Waals surface area contributed by atoms with Crippen LogP contribution in [-0.4, -0.2) is 28.5 Å². The van der Waals surface area contributed by atoms with Gasteiger partial charge in [-0.2, -0.15) is 11.8 Å². The van der Waals surface area contributed by atoms with E-state index in [1.807, 2.05) is 16.7 Å². The van der Waals surface area contributed by atoms with Crippen LogP contribution in [0.15, 0.2) is 18.2 Å². The molecule has 0 saturated carbocycles. The summed E-state index contributed by atoms with van der Waals surface area (Å²) >= 11 is 1.86. The average Bonchev–Trinajstić information content (AvgIpc) is 2.26. The van der Waals surface area contributed by atoms with Crippen LogP contribution in [0.1, 0.15) is 13.8 Å². The second kappa shape index (κ2) is 4.76. The van der Waals surface area contributed by atoms with E-state index in [4.69, 9.17) is 0 Å². The summed E-state index contributed by atoms with van der Waals surface area (Å²) in [7, 11) is 0. The molecule has 4 nitrogen and oxygen atoms in total. The lowest BCUT2D eigenvalue weighted by Crippen LogP contribution is -2.43. The number of non-ortho nitro benzene ring substituents is 1. The molecule has 1 saturated heterocycles. The van der Waals surface area contributed by atoms with Crippen molar-refractivity contribution in [1.29, 1.82) is 0 Å². The summed E-state index contributed by atoms with van der Waals surface area (Å²) in [5, 5.41) is 10.7. The van der Waals surface area contributed by atoms with Crippen LogP contribution in [0.5, 0.6) is 0 Å². The number of rotatable bonds is 2. The van der Waals surface area contributed by atoms with E-state index in [1.165, 1.54) is 12.1 Å². The third kappa shape index (κ3) is 2.93. The van der Waals surface area contributed by atoms with Gasteiger partial charge in [-0.15, -0.1) is 0 Å². The Labute approximate surface area is 109 Å². The zero-order valence-corrected chi connectivity index (χ0v) is 11.2. The fourth-order valence-corrected chi connectivity index (χ4v) is 3.20. The Morgan fingerprint density at radius 3 is 2.78 bits per heavy atom. The van der Waals surface area contributed by atoms with Gasteiger partial charge in [-0.1, -0.05) is 0 Å². The van der Waals surface area contributed by atoms with Crippen molar-refractivity contribution in [2.75, 3.05) is 23.7 Å². The minimum absolute atomic E-state index is 0.0827. The van der Waals surface area contributed by atoms with Crippen LogP contribution in [0.25, 0.3) is 0 Å². The highest BCUT2D eigenvalue weighted by atomic mass is 32.2. The Kier molecular flexibility index (Phi) is 3.47. The summed E-state index contributed by atoms with van der Waals surface area (Å²) in [6, 6.07) is 3.75. The maximum atomic E-state index is 13.4. The van der Waals surface area contributed by atoms with E-state index in [2.05, 4.69) is 13.8 Å². The number of nitro benzene ring substituents is 1. The predicted octanol–water partition coefficient (Wildman–Crippen LogP) is 3.07. The first-order valence-corrected chi connectivity index (χ1v) is 6.70. The quantitative estimate of drug-likeness (QED) is 0.612. The molecule has 1 fully saturated rings. The molecule has 0 amide bonds. The first-order chi connectivity index (χ1) is 8.37. The van der Waals surface area contributed by atoms with Crippen LogP contribution < -0.4 is 4.90 Å². The number of nitro groups is 1. The topological polar surface area (TPSA) is 46.4 Å². The predicted molar refractivity (Wildman–Crippen MR) is 71.8 cm³/mol. The Morgan fingerprint density at radius 1 is 1.44 bits per heavy atom. The molecule has 18 heavy (non-hydrogen) atoms. The molecule has 2 rings (SSSR count). The molecule has 1 aromatic rings. The Morgan fingerprint density at radius 2 is 2.17 bits per heavy atom. The number of anilines is 1. The molecule has 0 atom stereocenters. The van der Waals surface area contributed by atoms with Crippen molar-refractivity contribution < 1.29 is 9.31 Å². The molecular formula is C12H15FN2O2S. The van der Waals surface area contributed by atoms with Crippen molar-refractivity contribution in [2.45, 2.75) is 18.6 Å². The molecule has 0 unspecified atom stereocenters. The van der Waals surface area contributed by atoms with Gasteiger partial charge in [0.05, 0.1) is 11.0 Å². The highest BCUT2D eigenvalue weighted by Crippen LogP contribution is 2.33. The van der Waals surface area contributed by atoms with Gasteiger partial charge < -0.3 is 4.90 Å². The maximum absolute atomic E-state index is 13.4. The number of thioether (sulfide) groups is 1. The standard InChI is InChI=1S/C12H15FN2O2S/c1-12(2)8-14(3-4-18-12)10-5-9(13)6-11(7-10)15(16)17/h5-7H,3-4,8H2,1-2H3. The number of halogens is 1. The zero-order chi connectivity index (χ0) is 13.3. The van der Waals surface area contributed by atoms with Crippen molar-refractivity contribution in [3.63, 3.8) is 0 Å². The van der Waals surface area contributed by atoms with E-state index < -0.39 is 10.7 Å². The largest absolute Gasteiger partial charge is 0.369 e. The molecule has 0 aromatic heterocycles. The van der Waals surface area contributed by atoms with Crippen LogP contribution in [0.3, 0.4) is 0 Å². The van der Waals surface area contributed by atoms with Crippen LogP contribution >= 0.6 is 11.8 Å². The van der Waals surface area contributed by atoms with Gasteiger partial charge in [-0.05, 0) is 19.9 Å². The second-order valence-corrected chi connectivity index (χ2v) is 6.76. The van der Waals surface area contributed by atoms with Gasteiger partial charge in [0, 0.05) is 35.3 Å². The molecule has 0 spiro atoms. The van der Waals surface area contributed by atoms with Crippen LogP contribution in [-0.2, 0) is 0 Å². The van der Waals surface area contributed by atoms with Crippen molar-refractivity contribution >= 4 is 23.1 Å². The molecular weight excluding hydrogens is 255 g/mol. The third-order valence-corrected chi connectivity index (χ3v) is 4.17. The third-order valence-electron chi connectivity index (χ3n) is 2.87. The van der Waals surface area contributed by atoms with Crippen LogP contribution in [0.4, 0.5) is 15.8 Å². The smallest absolute Gasteiger partial charge is 0.274 e. The summed E-state index contributed by atoms with van der Waals surface area (Å²) in [6.45, 7) is 5.79. The Bertz CT molecular complexity index is 479. The van der Waals surface area contributed by atoms with Gasteiger partial charge in [-0.25, -0.2) is 4.39 Å². The summed E-state index contributed by atoms with van der Waals surface area (Å²) < 4.78 is 13.5. The minimum Gasteiger partial charge on any atom is -0.369 e. The molecule has 1 heterocycles. The van der Waals surface area contributed by atoms with Gasteiger partial charge >= 0.3 is 0 Å². The van der Waals surface area contributed by atoms with Crippen molar-refractivity contribution in [3.05, 3.63) is 34.1 Å². The molecule has 0 aliphatic carbocycles. The molecule has 0 bridgehead atoms. The molecule has 98 valence electrons. The lowest BCUT2D eigenvalue weighted by atomic mass is 10.1. The summed E-state index contributed by atoms with van der Waals surface area (Å²) in [5.41, 5.74) is 0.399. The zero-order valence-electron chi connectivity index (χ0n) is 10.4. The summed E-state index contributed by atoms with van der Waals surface area (Å²) in [6.07, 6.45) is 0. The second-order valence-electron chi connectivity index (χ2n) is 4.95. The fraction of sp³-hybridized carbons (Fsp3) is 0.500. The fourth-order valence-electron chi connectivity index (χ4n) is 2.08. The highest BCUT2D eigenvalue weighted by molar-refractivity contribution is 8.00. The molecule has 0 N–H and O–H groups in total. The van der Waals surface area contributed by atoms with Crippen LogP contribution in [0, 0.1) is 15.9 Å². The lowest BCUT2D eigenvalue weighted by Gasteiger charge is -2.38. The summed E-state index contributed by atoms with van der Waals surface area (Å²) in [4.78, 5) is 12.2. The van der Waals surface area contributed by atoms with E-state index in [9.17, 15) is 14.5 Å². The van der Waals surface area contributed by atoms with Gasteiger partial charge in [0.25, 0.3) is 5.69 Å². The van der Waals surface area contributed by atoms with E-state index >= 15 is 0 Å². The van der Waals surface area contributed by atoms with Gasteiger partial charge in [0.2, 0.25) is 0 Å². The maximum Gasteiger partial charge on any atom is 0.274 e. The lowest BCUT2D eigenvalue weighted by molar-refractivity contribution is -0.385. The molecule has 1 aliphatic rings. The van der Waals surface area contributed by atoms with E-state index in [0.29, 0.717) is 5.69 Å².